The van der Waals surface area contributed by atoms with Gasteiger partial charge in [0.15, 0.2) is 6.10 Å². The van der Waals surface area contributed by atoms with Crippen molar-refractivity contribution in [3.63, 3.8) is 0 Å². The fraction of sp³-hybridized carbons (Fsp3) is 0.714. The summed E-state index contributed by atoms with van der Waals surface area (Å²) in [7, 11) is 0. The van der Waals surface area contributed by atoms with Crippen molar-refractivity contribution >= 4 is 23.7 Å². The van der Waals surface area contributed by atoms with Crippen molar-refractivity contribution in [3.05, 3.63) is 24.2 Å². The Morgan fingerprint density at radius 3 is 2.41 bits per heavy atom. The molecule has 0 N–H and O–H groups in total. The molecule has 1 spiro atoms. The summed E-state index contributed by atoms with van der Waals surface area (Å²) in [5.74, 6) is -2.18. The lowest BCUT2D eigenvalue weighted by molar-refractivity contribution is -0.234. The minimum absolute atomic E-state index is 0.0263. The normalized spacial score (nSPS) is 47.7. The molecule has 9 atom stereocenters. The fourth-order valence-corrected chi connectivity index (χ4v) is 9.24. The van der Waals surface area contributed by atoms with Crippen molar-refractivity contribution in [2.75, 3.05) is 0 Å². The van der Waals surface area contributed by atoms with E-state index in [1.807, 2.05) is 34.6 Å². The zero-order valence-electron chi connectivity index (χ0n) is 22.1. The Bertz CT molecular complexity index is 1200. The molecule has 9 heteroatoms. The molecule has 3 aliphatic heterocycles. The van der Waals surface area contributed by atoms with Gasteiger partial charge in [0.05, 0.1) is 24.4 Å². The molecule has 0 unspecified atom stereocenters. The molecule has 3 saturated heterocycles. The smallest absolute Gasteiger partial charge is 0.339 e. The lowest BCUT2D eigenvalue weighted by Crippen LogP contribution is -2.72. The third-order valence-corrected chi connectivity index (χ3v) is 10.8. The van der Waals surface area contributed by atoms with Crippen LogP contribution in [0.15, 0.2) is 23.0 Å². The Labute approximate surface area is 215 Å². The van der Waals surface area contributed by atoms with Gasteiger partial charge in [0, 0.05) is 35.7 Å². The molecule has 0 radical (unpaired) electrons. The maximum atomic E-state index is 14.4. The molecule has 1 aromatic rings. The van der Waals surface area contributed by atoms with Crippen LogP contribution in [0.5, 0.6) is 0 Å². The number of furan rings is 1. The van der Waals surface area contributed by atoms with Crippen LogP contribution in [0.25, 0.3) is 0 Å². The zero-order chi connectivity index (χ0) is 26.8. The molecule has 37 heavy (non-hydrogen) atoms. The third-order valence-electron chi connectivity index (χ3n) is 10.8. The highest BCUT2D eigenvalue weighted by molar-refractivity contribution is 5.93. The lowest BCUT2D eigenvalue weighted by Gasteiger charge is -2.66. The van der Waals surface area contributed by atoms with E-state index in [1.165, 1.54) is 13.2 Å². The number of epoxide rings is 1. The Morgan fingerprint density at radius 2 is 1.76 bits per heavy atom. The summed E-state index contributed by atoms with van der Waals surface area (Å²) in [5.41, 5.74) is -3.88. The summed E-state index contributed by atoms with van der Waals surface area (Å²) in [6.07, 6.45) is 2.06. The predicted octanol–water partition coefficient (Wildman–Crippen LogP) is 3.69. The fourth-order valence-electron chi connectivity index (χ4n) is 9.24. The molecular formula is C28H34O9. The highest BCUT2D eigenvalue weighted by Crippen LogP contribution is 2.78. The number of hydrogen-bond donors (Lipinski definition) is 0. The maximum Gasteiger partial charge on any atom is 0.339 e. The van der Waals surface area contributed by atoms with Gasteiger partial charge in [0.25, 0.3) is 0 Å². The van der Waals surface area contributed by atoms with Crippen LogP contribution in [0.4, 0.5) is 0 Å². The van der Waals surface area contributed by atoms with Crippen LogP contribution in [0.2, 0.25) is 0 Å². The molecule has 0 aromatic carbocycles. The van der Waals surface area contributed by atoms with Gasteiger partial charge in [-0.2, -0.15) is 0 Å². The van der Waals surface area contributed by atoms with E-state index in [-0.39, 0.29) is 30.5 Å². The number of esters is 3. The Morgan fingerprint density at radius 1 is 1.03 bits per heavy atom. The van der Waals surface area contributed by atoms with Crippen molar-refractivity contribution in [3.8, 4) is 0 Å². The quantitative estimate of drug-likeness (QED) is 0.330. The van der Waals surface area contributed by atoms with Crippen LogP contribution in [-0.4, -0.2) is 47.1 Å². The van der Waals surface area contributed by atoms with E-state index in [0.29, 0.717) is 12.8 Å². The zero-order valence-corrected chi connectivity index (χ0v) is 22.1. The van der Waals surface area contributed by atoms with Gasteiger partial charge in [0.2, 0.25) is 0 Å². The minimum Gasteiger partial charge on any atom is -0.472 e. The summed E-state index contributed by atoms with van der Waals surface area (Å²) in [6.45, 7) is 11.0. The summed E-state index contributed by atoms with van der Waals surface area (Å²) >= 11 is 0. The second-order valence-electron chi connectivity index (χ2n) is 12.7. The largest absolute Gasteiger partial charge is 0.472 e. The average Bonchev–Trinajstić information content (AvgIpc) is 3.38. The third kappa shape index (κ3) is 2.79. The first kappa shape index (κ1) is 24.6. The van der Waals surface area contributed by atoms with Crippen molar-refractivity contribution in [1.82, 2.24) is 0 Å². The van der Waals surface area contributed by atoms with Crippen LogP contribution in [0.3, 0.4) is 0 Å². The van der Waals surface area contributed by atoms with E-state index in [9.17, 15) is 19.2 Å². The van der Waals surface area contributed by atoms with E-state index in [2.05, 4.69) is 0 Å². The lowest BCUT2D eigenvalue weighted by atomic mass is 9.37. The minimum atomic E-state index is -1.09. The molecule has 0 amide bonds. The summed E-state index contributed by atoms with van der Waals surface area (Å²) in [4.78, 5) is 52.7. The number of ether oxygens (including phenoxy) is 4. The van der Waals surface area contributed by atoms with Gasteiger partial charge in [-0.3, -0.25) is 14.4 Å². The predicted molar refractivity (Wildman–Crippen MR) is 126 cm³/mol. The molecule has 5 fully saturated rings. The van der Waals surface area contributed by atoms with E-state index < -0.39 is 63.7 Å². The summed E-state index contributed by atoms with van der Waals surface area (Å²) in [6, 6.07) is 1.78. The van der Waals surface area contributed by atoms with Gasteiger partial charge in [-0.1, -0.05) is 13.8 Å². The van der Waals surface area contributed by atoms with Gasteiger partial charge < -0.3 is 23.4 Å². The highest BCUT2D eigenvalue weighted by Gasteiger charge is 2.88. The number of hydrogen-bond acceptors (Lipinski definition) is 9. The van der Waals surface area contributed by atoms with Gasteiger partial charge in [0.1, 0.15) is 29.2 Å². The molecule has 2 aliphatic carbocycles. The topological polar surface area (TPSA) is 122 Å². The first-order valence-electron chi connectivity index (χ1n) is 13.1. The standard InChI is InChI=1S/C28H34O9/c1-14(29)34-19-12-20(31)36-24(2,3)17-11-18(30)27(6)16(26(17,19)5)7-9-25(4)21(15-8-10-33-13-15)35-23(32)22-28(25,27)37-22/h8,10,13,16-17,19,21-22H,7,9,11-12H2,1-6H3/t16-,17-,19+,21-,22+,25+,26+,27-,28-/m0/s1. The Balaban J connectivity index is 1.54. The van der Waals surface area contributed by atoms with Gasteiger partial charge >= 0.3 is 17.9 Å². The first-order valence-corrected chi connectivity index (χ1v) is 13.1. The number of carbonyl (C=O) groups excluding carboxylic acids is 4. The Kier molecular flexibility index (Phi) is 4.82. The van der Waals surface area contributed by atoms with E-state index in [0.717, 1.165) is 5.56 Å². The first-order chi connectivity index (χ1) is 17.2. The van der Waals surface area contributed by atoms with Crippen LogP contribution >= 0.6 is 0 Å². The van der Waals surface area contributed by atoms with E-state index >= 15 is 0 Å². The molecular weight excluding hydrogens is 480 g/mol. The monoisotopic (exact) mass is 514 g/mol. The van der Waals surface area contributed by atoms with Crippen molar-refractivity contribution in [2.45, 2.75) is 96.7 Å². The highest BCUT2D eigenvalue weighted by atomic mass is 16.7. The molecule has 9 nitrogen and oxygen atoms in total. The number of fused-ring (bicyclic) bond motifs is 3. The van der Waals surface area contributed by atoms with Crippen molar-refractivity contribution in [1.29, 1.82) is 0 Å². The van der Waals surface area contributed by atoms with Crippen LogP contribution in [-0.2, 0) is 38.1 Å². The van der Waals surface area contributed by atoms with Gasteiger partial charge in [-0.05, 0) is 45.6 Å². The molecule has 2 saturated carbocycles. The van der Waals surface area contributed by atoms with Crippen LogP contribution in [0.1, 0.15) is 78.9 Å². The SMILES string of the molecule is CC(=O)O[C@@H]1CC(=O)OC(C)(C)[C@@H]2CC(=O)[C@]3(C)[C@@H](CC[C@]4(C)[C@H](c5ccoc5)OC(=O)[C@H]5O[C@@]543)[C@@]12C. The second kappa shape index (κ2) is 7.24. The van der Waals surface area contributed by atoms with E-state index in [1.54, 1.807) is 12.3 Å². The van der Waals surface area contributed by atoms with Crippen LogP contribution in [0, 0.1) is 28.1 Å². The Hall–Kier alpha value is -2.68. The number of rotatable bonds is 2. The second-order valence-corrected chi connectivity index (χ2v) is 12.7. The number of ketones is 1. The molecule has 5 aliphatic rings. The molecule has 200 valence electrons. The van der Waals surface area contributed by atoms with Gasteiger partial charge in [-0.25, -0.2) is 4.79 Å². The number of Topliss-reactive ketones (excluding diaryl/α,β-unsaturated/α-hetero) is 1. The average molecular weight is 515 g/mol. The maximum absolute atomic E-state index is 14.4. The number of cyclic esters (lactones) is 2. The summed E-state index contributed by atoms with van der Waals surface area (Å²) < 4.78 is 29.3. The molecule has 6 rings (SSSR count). The van der Waals surface area contributed by atoms with Crippen molar-refractivity contribution < 1.29 is 42.5 Å². The molecule has 0 bridgehead atoms. The molecule has 1 aromatic heterocycles. The van der Waals surface area contributed by atoms with E-state index in [4.69, 9.17) is 23.4 Å². The number of carbonyl (C=O) groups is 4. The summed E-state index contributed by atoms with van der Waals surface area (Å²) in [5, 5.41) is 0. The van der Waals surface area contributed by atoms with Crippen LogP contribution < -0.4 is 0 Å². The van der Waals surface area contributed by atoms with Crippen molar-refractivity contribution in [2.24, 2.45) is 28.1 Å². The van der Waals surface area contributed by atoms with Gasteiger partial charge in [-0.15, -0.1) is 0 Å². The molecule has 4 heterocycles.